The predicted molar refractivity (Wildman–Crippen MR) is 57.3 cm³/mol. The van der Waals surface area contributed by atoms with E-state index < -0.39 is 0 Å². The SMILES string of the molecule is CCCCNCCCC(=O)CC(C)=O. The van der Waals surface area contributed by atoms with Crippen LogP contribution in [-0.2, 0) is 9.59 Å². The molecule has 0 rings (SSSR count). The number of hydrogen-bond donors (Lipinski definition) is 1. The van der Waals surface area contributed by atoms with Gasteiger partial charge in [-0.05, 0) is 32.9 Å². The largest absolute Gasteiger partial charge is 0.317 e. The van der Waals surface area contributed by atoms with Crippen molar-refractivity contribution in [2.45, 2.75) is 46.0 Å². The Morgan fingerprint density at radius 3 is 2.36 bits per heavy atom. The van der Waals surface area contributed by atoms with E-state index >= 15 is 0 Å². The molecule has 0 aliphatic rings. The van der Waals surface area contributed by atoms with E-state index in [4.69, 9.17) is 0 Å². The molecule has 0 amide bonds. The van der Waals surface area contributed by atoms with Gasteiger partial charge in [-0.15, -0.1) is 0 Å². The molecule has 0 saturated carbocycles. The lowest BCUT2D eigenvalue weighted by Gasteiger charge is -2.02. The van der Waals surface area contributed by atoms with Crippen molar-refractivity contribution >= 4 is 11.6 Å². The van der Waals surface area contributed by atoms with Crippen LogP contribution in [0.3, 0.4) is 0 Å². The Morgan fingerprint density at radius 2 is 1.79 bits per heavy atom. The van der Waals surface area contributed by atoms with Crippen LogP contribution in [0, 0.1) is 0 Å². The first-order valence-electron chi connectivity index (χ1n) is 5.38. The van der Waals surface area contributed by atoms with Gasteiger partial charge in [0.05, 0.1) is 6.42 Å². The van der Waals surface area contributed by atoms with E-state index in [1.807, 2.05) is 0 Å². The fourth-order valence-corrected chi connectivity index (χ4v) is 1.20. The molecule has 3 heteroatoms. The average Bonchev–Trinajstić information content (AvgIpc) is 2.10. The van der Waals surface area contributed by atoms with Crippen LogP contribution in [-0.4, -0.2) is 24.7 Å². The zero-order valence-electron chi connectivity index (χ0n) is 9.27. The molecule has 0 radical (unpaired) electrons. The van der Waals surface area contributed by atoms with E-state index in [1.165, 1.54) is 19.8 Å². The maximum atomic E-state index is 11.1. The summed E-state index contributed by atoms with van der Waals surface area (Å²) in [5.41, 5.74) is 0. The summed E-state index contributed by atoms with van der Waals surface area (Å²) in [5, 5.41) is 3.26. The Morgan fingerprint density at radius 1 is 1.14 bits per heavy atom. The van der Waals surface area contributed by atoms with Gasteiger partial charge in [0.2, 0.25) is 0 Å². The van der Waals surface area contributed by atoms with Crippen molar-refractivity contribution in [3.05, 3.63) is 0 Å². The summed E-state index contributed by atoms with van der Waals surface area (Å²) in [4.78, 5) is 21.7. The van der Waals surface area contributed by atoms with Gasteiger partial charge in [-0.1, -0.05) is 13.3 Å². The van der Waals surface area contributed by atoms with Gasteiger partial charge in [0.25, 0.3) is 0 Å². The lowest BCUT2D eigenvalue weighted by molar-refractivity contribution is -0.125. The van der Waals surface area contributed by atoms with Crippen LogP contribution in [0.1, 0.15) is 46.0 Å². The summed E-state index contributed by atoms with van der Waals surface area (Å²) < 4.78 is 0. The van der Waals surface area contributed by atoms with Gasteiger partial charge in [0.1, 0.15) is 11.6 Å². The first-order valence-corrected chi connectivity index (χ1v) is 5.38. The highest BCUT2D eigenvalue weighted by atomic mass is 16.1. The molecule has 0 spiro atoms. The minimum atomic E-state index is -0.0334. The van der Waals surface area contributed by atoms with Crippen LogP contribution in [0.4, 0.5) is 0 Å². The number of rotatable bonds is 9. The summed E-state index contributed by atoms with van der Waals surface area (Å²) >= 11 is 0. The maximum Gasteiger partial charge on any atom is 0.140 e. The maximum absolute atomic E-state index is 11.1. The number of carbonyl (C=O) groups excluding carboxylic acids is 2. The van der Waals surface area contributed by atoms with E-state index in [-0.39, 0.29) is 18.0 Å². The Kier molecular flexibility index (Phi) is 8.43. The molecule has 14 heavy (non-hydrogen) atoms. The van der Waals surface area contributed by atoms with Crippen molar-refractivity contribution in [1.82, 2.24) is 5.32 Å². The Hall–Kier alpha value is -0.700. The molecule has 0 aliphatic carbocycles. The zero-order chi connectivity index (χ0) is 10.8. The van der Waals surface area contributed by atoms with E-state index in [0.29, 0.717) is 6.42 Å². The quantitative estimate of drug-likeness (QED) is 0.454. The van der Waals surface area contributed by atoms with Crippen LogP contribution in [0.5, 0.6) is 0 Å². The van der Waals surface area contributed by atoms with Crippen molar-refractivity contribution in [3.8, 4) is 0 Å². The monoisotopic (exact) mass is 199 g/mol. The van der Waals surface area contributed by atoms with Crippen LogP contribution >= 0.6 is 0 Å². The highest BCUT2D eigenvalue weighted by molar-refractivity contribution is 5.97. The number of nitrogens with one attached hydrogen (secondary N) is 1. The van der Waals surface area contributed by atoms with Gasteiger partial charge in [-0.25, -0.2) is 0 Å². The molecule has 0 aromatic heterocycles. The number of carbonyl (C=O) groups is 2. The third-order valence-corrected chi connectivity index (χ3v) is 1.96. The molecule has 0 saturated heterocycles. The molecule has 0 aliphatic heterocycles. The second kappa shape index (κ2) is 8.88. The van der Waals surface area contributed by atoms with E-state index in [9.17, 15) is 9.59 Å². The number of hydrogen-bond acceptors (Lipinski definition) is 3. The smallest absolute Gasteiger partial charge is 0.140 e. The number of Topliss-reactive ketones (excluding diaryl/α,β-unsaturated/α-hetero) is 2. The summed E-state index contributed by atoms with van der Waals surface area (Å²) in [6.07, 6.45) is 3.85. The zero-order valence-corrected chi connectivity index (χ0v) is 9.27. The van der Waals surface area contributed by atoms with Crippen molar-refractivity contribution in [3.63, 3.8) is 0 Å². The minimum absolute atomic E-state index is 0.0334. The molecule has 1 N–H and O–H groups in total. The highest BCUT2D eigenvalue weighted by Crippen LogP contribution is 1.95. The molecule has 0 atom stereocenters. The van der Waals surface area contributed by atoms with Crippen LogP contribution in [0.2, 0.25) is 0 Å². The van der Waals surface area contributed by atoms with Crippen LogP contribution in [0.25, 0.3) is 0 Å². The molecule has 0 aromatic rings. The second-order valence-corrected chi connectivity index (χ2v) is 3.62. The summed E-state index contributed by atoms with van der Waals surface area (Å²) in [7, 11) is 0. The molecule has 82 valence electrons. The topological polar surface area (TPSA) is 46.2 Å². The van der Waals surface area contributed by atoms with Crippen molar-refractivity contribution in [1.29, 1.82) is 0 Å². The van der Waals surface area contributed by atoms with Crippen LogP contribution in [0.15, 0.2) is 0 Å². The van der Waals surface area contributed by atoms with Crippen molar-refractivity contribution in [2.24, 2.45) is 0 Å². The lowest BCUT2D eigenvalue weighted by atomic mass is 10.1. The number of ketones is 2. The van der Waals surface area contributed by atoms with Crippen molar-refractivity contribution < 1.29 is 9.59 Å². The first kappa shape index (κ1) is 13.3. The fraction of sp³-hybridized carbons (Fsp3) is 0.818. The minimum Gasteiger partial charge on any atom is -0.317 e. The van der Waals surface area contributed by atoms with E-state index in [0.717, 1.165) is 19.5 Å². The Bertz CT molecular complexity index is 178. The van der Waals surface area contributed by atoms with Gasteiger partial charge in [-0.2, -0.15) is 0 Å². The lowest BCUT2D eigenvalue weighted by Crippen LogP contribution is -2.17. The van der Waals surface area contributed by atoms with Crippen molar-refractivity contribution in [2.75, 3.05) is 13.1 Å². The van der Waals surface area contributed by atoms with Gasteiger partial charge >= 0.3 is 0 Å². The van der Waals surface area contributed by atoms with E-state index in [1.54, 1.807) is 0 Å². The van der Waals surface area contributed by atoms with Crippen LogP contribution < -0.4 is 5.32 Å². The molecule has 0 heterocycles. The molecule has 0 bridgehead atoms. The Balaban J connectivity index is 3.19. The summed E-state index contributed by atoms with van der Waals surface area (Å²) in [6, 6.07) is 0. The normalized spacial score (nSPS) is 10.1. The molecule has 0 unspecified atom stereocenters. The molecular formula is C11H21NO2. The molecule has 3 nitrogen and oxygen atoms in total. The standard InChI is InChI=1S/C11H21NO2/c1-3-4-7-12-8-5-6-11(14)9-10(2)13/h12H,3-9H2,1-2H3. The molecule has 0 fully saturated rings. The van der Waals surface area contributed by atoms with Gasteiger partial charge in [0, 0.05) is 6.42 Å². The first-order chi connectivity index (χ1) is 6.66. The Labute approximate surface area is 86.3 Å². The predicted octanol–water partition coefficient (Wildman–Crippen LogP) is 1.70. The highest BCUT2D eigenvalue weighted by Gasteiger charge is 2.03. The molecule has 0 aromatic carbocycles. The molecular weight excluding hydrogens is 178 g/mol. The fourth-order valence-electron chi connectivity index (χ4n) is 1.20. The van der Waals surface area contributed by atoms with Gasteiger partial charge in [-0.3, -0.25) is 9.59 Å². The second-order valence-electron chi connectivity index (χ2n) is 3.62. The third kappa shape index (κ3) is 9.39. The number of unbranched alkanes of at least 4 members (excludes halogenated alkanes) is 1. The van der Waals surface area contributed by atoms with Gasteiger partial charge in [0.15, 0.2) is 0 Å². The summed E-state index contributed by atoms with van der Waals surface area (Å²) in [6.45, 7) is 5.51. The van der Waals surface area contributed by atoms with E-state index in [2.05, 4.69) is 12.2 Å². The third-order valence-electron chi connectivity index (χ3n) is 1.96. The van der Waals surface area contributed by atoms with Gasteiger partial charge < -0.3 is 5.32 Å². The average molecular weight is 199 g/mol. The summed E-state index contributed by atoms with van der Waals surface area (Å²) in [5.74, 6) is 0.0312.